The number of rotatable bonds is 6. The van der Waals surface area contributed by atoms with Gasteiger partial charge in [0.1, 0.15) is 6.42 Å². The Balaban J connectivity index is 4.25. The average Bonchev–Trinajstić information content (AvgIpc) is 2.16. The van der Waals surface area contributed by atoms with E-state index in [4.69, 9.17) is 9.47 Å². The smallest absolute Gasteiger partial charge is 0.313 e. The molecule has 0 fully saturated rings. The lowest BCUT2D eigenvalue weighted by Crippen LogP contribution is -2.40. The van der Waals surface area contributed by atoms with Crippen LogP contribution < -0.4 is 0 Å². The normalized spacial score (nSPS) is 11.1. The predicted molar refractivity (Wildman–Crippen MR) is 48.7 cm³/mol. The van der Waals surface area contributed by atoms with Crippen molar-refractivity contribution < 1.29 is 23.8 Å². The zero-order chi connectivity index (χ0) is 11.2. The van der Waals surface area contributed by atoms with E-state index in [1.807, 2.05) is 0 Å². The molecule has 0 aliphatic rings. The average molecular weight is 204 g/mol. The first-order valence-corrected chi connectivity index (χ1v) is 4.29. The van der Waals surface area contributed by atoms with Crippen molar-refractivity contribution in [1.82, 2.24) is 0 Å². The van der Waals surface area contributed by atoms with Crippen LogP contribution >= 0.6 is 0 Å². The van der Waals surface area contributed by atoms with Crippen molar-refractivity contribution in [2.45, 2.75) is 26.1 Å². The third kappa shape index (κ3) is 3.43. The van der Waals surface area contributed by atoms with Gasteiger partial charge in [0, 0.05) is 14.2 Å². The monoisotopic (exact) mass is 204 g/mol. The second-order valence-corrected chi connectivity index (χ2v) is 2.76. The van der Waals surface area contributed by atoms with E-state index in [1.54, 1.807) is 6.92 Å². The number of Topliss-reactive ketones (excluding diaryl/α,β-unsaturated/α-hetero) is 1. The molecule has 0 atom stereocenters. The van der Waals surface area contributed by atoms with E-state index in [1.165, 1.54) is 21.1 Å². The molecule has 0 saturated carbocycles. The maximum atomic E-state index is 11.5. The second-order valence-electron chi connectivity index (χ2n) is 2.76. The molecule has 0 aliphatic carbocycles. The molecular formula is C9H16O5. The molecule has 0 amide bonds. The Morgan fingerprint density at radius 2 is 1.71 bits per heavy atom. The van der Waals surface area contributed by atoms with Gasteiger partial charge in [0.15, 0.2) is 0 Å². The highest BCUT2D eigenvalue weighted by atomic mass is 16.7. The third-order valence-electron chi connectivity index (χ3n) is 1.90. The number of ether oxygens (including phenoxy) is 3. The quantitative estimate of drug-likeness (QED) is 0.358. The van der Waals surface area contributed by atoms with E-state index in [-0.39, 0.29) is 13.0 Å². The molecule has 82 valence electrons. The first kappa shape index (κ1) is 13.1. The summed E-state index contributed by atoms with van der Waals surface area (Å²) >= 11 is 0. The molecule has 0 bridgehead atoms. The molecule has 0 heterocycles. The molecule has 0 aliphatic heterocycles. The van der Waals surface area contributed by atoms with Crippen molar-refractivity contribution >= 4 is 11.8 Å². The van der Waals surface area contributed by atoms with Gasteiger partial charge in [-0.2, -0.15) is 0 Å². The van der Waals surface area contributed by atoms with Gasteiger partial charge >= 0.3 is 5.97 Å². The van der Waals surface area contributed by atoms with Crippen LogP contribution in [-0.2, 0) is 23.8 Å². The lowest BCUT2D eigenvalue weighted by atomic mass is 10.1. The number of hydrogen-bond donors (Lipinski definition) is 0. The summed E-state index contributed by atoms with van der Waals surface area (Å²) in [6.07, 6.45) is -0.341. The molecule has 0 spiro atoms. The van der Waals surface area contributed by atoms with Crippen molar-refractivity contribution in [1.29, 1.82) is 0 Å². The second kappa shape index (κ2) is 5.72. The largest absolute Gasteiger partial charge is 0.466 e. The van der Waals surface area contributed by atoms with E-state index in [2.05, 4.69) is 4.74 Å². The summed E-state index contributed by atoms with van der Waals surface area (Å²) in [6.45, 7) is 3.38. The van der Waals surface area contributed by atoms with E-state index in [0.717, 1.165) is 0 Å². The summed E-state index contributed by atoms with van der Waals surface area (Å²) < 4.78 is 14.3. The standard InChI is InChI=1S/C9H16O5/c1-5-14-8(11)6-7(10)9(2,12-3)13-4/h5-6H2,1-4H3. The molecule has 0 rings (SSSR count). The molecule has 0 radical (unpaired) electrons. The Kier molecular flexibility index (Phi) is 5.34. The fourth-order valence-electron chi connectivity index (χ4n) is 0.815. The zero-order valence-electron chi connectivity index (χ0n) is 8.96. The highest BCUT2D eigenvalue weighted by molar-refractivity contribution is 5.99. The maximum Gasteiger partial charge on any atom is 0.313 e. The summed E-state index contributed by atoms with van der Waals surface area (Å²) in [5, 5.41) is 0. The number of hydrogen-bond acceptors (Lipinski definition) is 5. The highest BCUT2D eigenvalue weighted by Gasteiger charge is 2.34. The minimum atomic E-state index is -1.37. The van der Waals surface area contributed by atoms with E-state index >= 15 is 0 Å². The SMILES string of the molecule is CCOC(=O)CC(=O)C(C)(OC)OC. The summed E-state index contributed by atoms with van der Waals surface area (Å²) in [4.78, 5) is 22.4. The first-order valence-electron chi connectivity index (χ1n) is 4.29. The van der Waals surface area contributed by atoms with E-state index in [0.29, 0.717) is 0 Å². The maximum absolute atomic E-state index is 11.5. The molecule has 5 heteroatoms. The van der Waals surface area contributed by atoms with Crippen molar-refractivity contribution in [3.63, 3.8) is 0 Å². The fourth-order valence-corrected chi connectivity index (χ4v) is 0.815. The van der Waals surface area contributed by atoms with Crippen LogP contribution in [-0.4, -0.2) is 38.4 Å². The van der Waals surface area contributed by atoms with E-state index in [9.17, 15) is 9.59 Å². The molecule has 0 aromatic heterocycles. The Morgan fingerprint density at radius 1 is 1.21 bits per heavy atom. The van der Waals surface area contributed by atoms with Crippen molar-refractivity contribution in [3.8, 4) is 0 Å². The summed E-state index contributed by atoms with van der Waals surface area (Å²) in [6, 6.07) is 0. The van der Waals surface area contributed by atoms with Crippen LogP contribution in [0.5, 0.6) is 0 Å². The number of esters is 1. The van der Waals surface area contributed by atoms with Gasteiger partial charge in [-0.3, -0.25) is 9.59 Å². The van der Waals surface area contributed by atoms with Gasteiger partial charge in [-0.1, -0.05) is 0 Å². The van der Waals surface area contributed by atoms with Gasteiger partial charge in [0.05, 0.1) is 6.61 Å². The van der Waals surface area contributed by atoms with Gasteiger partial charge in [-0.05, 0) is 13.8 Å². The number of carbonyl (C=O) groups is 2. The van der Waals surface area contributed by atoms with Gasteiger partial charge in [0.25, 0.3) is 0 Å². The van der Waals surface area contributed by atoms with Crippen molar-refractivity contribution in [2.24, 2.45) is 0 Å². The van der Waals surface area contributed by atoms with Crippen LogP contribution in [0.3, 0.4) is 0 Å². The van der Waals surface area contributed by atoms with Crippen molar-refractivity contribution in [2.75, 3.05) is 20.8 Å². The third-order valence-corrected chi connectivity index (χ3v) is 1.90. The number of ketones is 1. The minimum absolute atomic E-state index is 0.253. The van der Waals surface area contributed by atoms with Gasteiger partial charge in [0.2, 0.25) is 11.6 Å². The van der Waals surface area contributed by atoms with Crippen LogP contribution in [0.15, 0.2) is 0 Å². The van der Waals surface area contributed by atoms with E-state index < -0.39 is 17.5 Å². The summed E-state index contributed by atoms with van der Waals surface area (Å²) in [5.41, 5.74) is 0. The summed E-state index contributed by atoms with van der Waals surface area (Å²) in [7, 11) is 2.68. The number of methoxy groups -OCH3 is 2. The van der Waals surface area contributed by atoms with Gasteiger partial charge in [-0.25, -0.2) is 0 Å². The van der Waals surface area contributed by atoms with Crippen LogP contribution in [0.1, 0.15) is 20.3 Å². The molecule has 0 aromatic carbocycles. The number of carbonyl (C=O) groups excluding carboxylic acids is 2. The fraction of sp³-hybridized carbons (Fsp3) is 0.778. The Morgan fingerprint density at radius 3 is 2.07 bits per heavy atom. The Hall–Kier alpha value is -0.940. The highest BCUT2D eigenvalue weighted by Crippen LogP contribution is 2.13. The topological polar surface area (TPSA) is 61.8 Å². The lowest BCUT2D eigenvalue weighted by molar-refractivity contribution is -0.200. The zero-order valence-corrected chi connectivity index (χ0v) is 8.96. The van der Waals surface area contributed by atoms with Crippen molar-refractivity contribution in [3.05, 3.63) is 0 Å². The molecule has 5 nitrogen and oxygen atoms in total. The Bertz CT molecular complexity index is 207. The van der Waals surface area contributed by atoms with Gasteiger partial charge < -0.3 is 14.2 Å². The molecule has 0 saturated heterocycles. The van der Waals surface area contributed by atoms with Gasteiger partial charge in [-0.15, -0.1) is 0 Å². The molecule has 0 N–H and O–H groups in total. The Labute approximate surface area is 83.3 Å². The molecular weight excluding hydrogens is 188 g/mol. The van der Waals surface area contributed by atoms with Crippen LogP contribution in [0.4, 0.5) is 0 Å². The van der Waals surface area contributed by atoms with Crippen LogP contribution in [0.2, 0.25) is 0 Å². The molecule has 0 aromatic rings. The molecule has 14 heavy (non-hydrogen) atoms. The summed E-state index contributed by atoms with van der Waals surface area (Å²) in [5.74, 6) is -2.40. The predicted octanol–water partition coefficient (Wildman–Crippen LogP) is 0.518. The van der Waals surface area contributed by atoms with Crippen LogP contribution in [0.25, 0.3) is 0 Å². The lowest BCUT2D eigenvalue weighted by Gasteiger charge is -2.23. The minimum Gasteiger partial charge on any atom is -0.466 e. The molecule has 0 unspecified atom stereocenters. The van der Waals surface area contributed by atoms with Crippen LogP contribution in [0, 0.1) is 0 Å². The first-order chi connectivity index (χ1) is 6.50.